The smallest absolute Gasteiger partial charge is 0.409 e. The highest BCUT2D eigenvalue weighted by molar-refractivity contribution is 5.67. The van der Waals surface area contributed by atoms with Gasteiger partial charge < -0.3 is 9.47 Å². The van der Waals surface area contributed by atoms with E-state index >= 15 is 0 Å². The molecule has 2 aliphatic rings. The van der Waals surface area contributed by atoms with Crippen molar-refractivity contribution in [1.82, 2.24) is 21.0 Å². The van der Waals surface area contributed by atoms with E-state index in [0.717, 1.165) is 13.1 Å². The molecule has 8 heteroatoms. The van der Waals surface area contributed by atoms with Crippen LogP contribution in [0, 0.1) is 0 Å². The summed E-state index contributed by atoms with van der Waals surface area (Å²) in [5, 5.41) is 6.52. The van der Waals surface area contributed by atoms with Crippen LogP contribution >= 0.6 is 0 Å². The SMILES string of the molecule is CCOC(=O)NC1CN(N2CCOCC2)NO1. The second-order valence-corrected chi connectivity index (χ2v) is 3.71. The Morgan fingerprint density at radius 2 is 2.29 bits per heavy atom. The summed E-state index contributed by atoms with van der Waals surface area (Å²) in [6.07, 6.45) is -0.875. The maximum absolute atomic E-state index is 11.2. The Morgan fingerprint density at radius 3 is 3.00 bits per heavy atom. The second-order valence-electron chi connectivity index (χ2n) is 3.71. The van der Waals surface area contributed by atoms with Crippen molar-refractivity contribution in [2.75, 3.05) is 39.5 Å². The van der Waals surface area contributed by atoms with E-state index in [1.807, 2.05) is 5.12 Å². The normalized spacial score (nSPS) is 27.0. The predicted octanol–water partition coefficient (Wildman–Crippen LogP) is -0.942. The van der Waals surface area contributed by atoms with Crippen molar-refractivity contribution in [3.8, 4) is 0 Å². The van der Waals surface area contributed by atoms with Crippen LogP contribution in [0.3, 0.4) is 0 Å². The third-order valence-electron chi connectivity index (χ3n) is 2.52. The highest BCUT2D eigenvalue weighted by Crippen LogP contribution is 2.07. The van der Waals surface area contributed by atoms with Gasteiger partial charge in [-0.2, -0.15) is 0 Å². The van der Waals surface area contributed by atoms with Gasteiger partial charge in [0.15, 0.2) is 6.23 Å². The van der Waals surface area contributed by atoms with Gasteiger partial charge in [0.05, 0.1) is 26.4 Å². The molecule has 1 atom stereocenters. The summed E-state index contributed by atoms with van der Waals surface area (Å²) in [4.78, 5) is 16.4. The fourth-order valence-corrected chi connectivity index (χ4v) is 1.70. The molecule has 1 amide bonds. The number of morpholine rings is 1. The van der Waals surface area contributed by atoms with Gasteiger partial charge in [0.2, 0.25) is 0 Å². The number of amides is 1. The molecule has 0 radical (unpaired) electrons. The number of hydrazine groups is 2. The molecule has 17 heavy (non-hydrogen) atoms. The Balaban J connectivity index is 1.73. The maximum Gasteiger partial charge on any atom is 0.409 e. The summed E-state index contributed by atoms with van der Waals surface area (Å²) in [5.74, 6) is 0. The van der Waals surface area contributed by atoms with Crippen LogP contribution < -0.4 is 10.9 Å². The Morgan fingerprint density at radius 1 is 1.53 bits per heavy atom. The second kappa shape index (κ2) is 6.12. The van der Waals surface area contributed by atoms with Gasteiger partial charge in [0.25, 0.3) is 0 Å². The summed E-state index contributed by atoms with van der Waals surface area (Å²) in [5.41, 5.74) is 2.76. The monoisotopic (exact) mass is 246 g/mol. The standard InChI is InChI=1S/C9H18N4O4/c1-2-16-9(14)10-8-7-13(11-17-8)12-3-5-15-6-4-12/h8,11H,2-7H2,1H3,(H,10,14). The summed E-state index contributed by atoms with van der Waals surface area (Å²) in [6.45, 7) is 5.67. The van der Waals surface area contributed by atoms with Gasteiger partial charge in [-0.05, 0) is 6.92 Å². The van der Waals surface area contributed by atoms with Gasteiger partial charge in [0, 0.05) is 13.1 Å². The average Bonchev–Trinajstić information content (AvgIpc) is 2.79. The molecule has 0 aromatic rings. The molecule has 0 aromatic heterocycles. The third kappa shape index (κ3) is 3.51. The maximum atomic E-state index is 11.2. The highest BCUT2D eigenvalue weighted by Gasteiger charge is 2.30. The largest absolute Gasteiger partial charge is 0.450 e. The van der Waals surface area contributed by atoms with Crippen LogP contribution in [-0.4, -0.2) is 61.9 Å². The van der Waals surface area contributed by atoms with Gasteiger partial charge in [-0.1, -0.05) is 0 Å². The molecule has 0 aliphatic carbocycles. The number of hydrogen-bond donors (Lipinski definition) is 2. The number of carbonyl (C=O) groups excluding carboxylic acids is 1. The highest BCUT2D eigenvalue weighted by atomic mass is 16.7. The lowest BCUT2D eigenvalue weighted by atomic mass is 10.5. The first-order valence-corrected chi connectivity index (χ1v) is 5.74. The summed E-state index contributed by atoms with van der Waals surface area (Å²) >= 11 is 0. The zero-order valence-corrected chi connectivity index (χ0v) is 9.85. The fraction of sp³-hybridized carbons (Fsp3) is 0.889. The number of nitrogens with one attached hydrogen (secondary N) is 2. The van der Waals surface area contributed by atoms with E-state index in [9.17, 15) is 4.79 Å². The predicted molar refractivity (Wildman–Crippen MR) is 57.3 cm³/mol. The minimum absolute atomic E-state index is 0.346. The molecule has 8 nitrogen and oxygen atoms in total. The molecule has 98 valence electrons. The lowest BCUT2D eigenvalue weighted by Crippen LogP contribution is -2.52. The molecule has 2 rings (SSSR count). The van der Waals surface area contributed by atoms with Crippen molar-refractivity contribution in [2.45, 2.75) is 13.2 Å². The van der Waals surface area contributed by atoms with E-state index in [1.165, 1.54) is 0 Å². The zero-order valence-electron chi connectivity index (χ0n) is 9.85. The summed E-state index contributed by atoms with van der Waals surface area (Å²) in [6, 6.07) is 0. The number of rotatable bonds is 3. The molecule has 2 saturated heterocycles. The number of alkyl carbamates (subject to hydrolysis) is 1. The first-order chi connectivity index (χ1) is 8.29. The van der Waals surface area contributed by atoms with E-state index in [4.69, 9.17) is 14.3 Å². The van der Waals surface area contributed by atoms with Crippen LogP contribution in [0.1, 0.15) is 6.92 Å². The molecular weight excluding hydrogens is 228 g/mol. The Kier molecular flexibility index (Phi) is 4.51. The van der Waals surface area contributed by atoms with Crippen LogP contribution in [-0.2, 0) is 14.3 Å². The minimum atomic E-state index is -0.469. The molecule has 0 aromatic carbocycles. The molecule has 2 heterocycles. The summed E-state index contributed by atoms with van der Waals surface area (Å²) < 4.78 is 10.0. The van der Waals surface area contributed by atoms with E-state index in [0.29, 0.717) is 26.4 Å². The molecule has 0 saturated carbocycles. The number of ether oxygens (including phenoxy) is 2. The molecule has 2 aliphatic heterocycles. The molecule has 0 bridgehead atoms. The number of carbonyl (C=O) groups is 1. The summed E-state index contributed by atoms with van der Waals surface area (Å²) in [7, 11) is 0. The van der Waals surface area contributed by atoms with Crippen molar-refractivity contribution in [3.05, 3.63) is 0 Å². The first-order valence-electron chi connectivity index (χ1n) is 5.74. The van der Waals surface area contributed by atoms with Crippen LogP contribution in [0.2, 0.25) is 0 Å². The Bertz CT molecular complexity index is 259. The van der Waals surface area contributed by atoms with Gasteiger partial charge in [0.1, 0.15) is 0 Å². The molecular formula is C9H18N4O4. The lowest BCUT2D eigenvalue weighted by molar-refractivity contribution is -0.153. The van der Waals surface area contributed by atoms with Crippen LogP contribution in [0.15, 0.2) is 0 Å². The van der Waals surface area contributed by atoms with Crippen molar-refractivity contribution in [1.29, 1.82) is 0 Å². The van der Waals surface area contributed by atoms with Gasteiger partial charge in [-0.15, -0.1) is 10.7 Å². The van der Waals surface area contributed by atoms with Crippen molar-refractivity contribution in [2.24, 2.45) is 0 Å². The first kappa shape index (κ1) is 12.5. The molecule has 1 unspecified atom stereocenters. The molecule has 2 fully saturated rings. The van der Waals surface area contributed by atoms with Crippen molar-refractivity contribution in [3.63, 3.8) is 0 Å². The number of hydrogen-bond acceptors (Lipinski definition) is 7. The van der Waals surface area contributed by atoms with E-state index in [-0.39, 0.29) is 0 Å². The molecule has 2 N–H and O–H groups in total. The topological polar surface area (TPSA) is 75.3 Å². The van der Waals surface area contributed by atoms with E-state index < -0.39 is 12.3 Å². The average molecular weight is 246 g/mol. The van der Waals surface area contributed by atoms with Gasteiger partial charge in [-0.25, -0.2) is 9.80 Å². The van der Waals surface area contributed by atoms with Crippen molar-refractivity contribution < 1.29 is 19.1 Å². The van der Waals surface area contributed by atoms with E-state index in [2.05, 4.69) is 15.9 Å². The van der Waals surface area contributed by atoms with Crippen molar-refractivity contribution >= 4 is 6.09 Å². The Hall–Kier alpha value is -0.930. The minimum Gasteiger partial charge on any atom is -0.450 e. The molecule has 0 spiro atoms. The van der Waals surface area contributed by atoms with Crippen LogP contribution in [0.25, 0.3) is 0 Å². The van der Waals surface area contributed by atoms with Gasteiger partial charge >= 0.3 is 6.09 Å². The van der Waals surface area contributed by atoms with Gasteiger partial charge in [-0.3, -0.25) is 10.2 Å². The zero-order chi connectivity index (χ0) is 12.1. The lowest BCUT2D eigenvalue weighted by Gasteiger charge is -2.32. The van der Waals surface area contributed by atoms with Crippen LogP contribution in [0.4, 0.5) is 4.79 Å². The van der Waals surface area contributed by atoms with Crippen LogP contribution in [0.5, 0.6) is 0 Å². The fourth-order valence-electron chi connectivity index (χ4n) is 1.70. The third-order valence-corrected chi connectivity index (χ3v) is 2.52. The van der Waals surface area contributed by atoms with E-state index in [1.54, 1.807) is 6.92 Å². The quantitative estimate of drug-likeness (QED) is 0.665. The number of nitrogens with zero attached hydrogens (tertiary/aromatic N) is 2. The Labute approximate surface area is 99.7 Å².